The Morgan fingerprint density at radius 2 is 1.80 bits per heavy atom. The highest BCUT2D eigenvalue weighted by Gasteiger charge is 2.31. The predicted molar refractivity (Wildman–Crippen MR) is 161 cm³/mol. The SMILES string of the molecule is CC[C@@H](C)NS(=O)(=O)c1cc([N+](=O)[O-])ccc1Oc1c(C)c(C(=O)NCc2cccc(C(F)(F)F)c2)nn1-c1ccc(OC)cc1. The number of rotatable bonds is 12. The van der Waals surface area contributed by atoms with E-state index in [1.54, 1.807) is 38.1 Å². The molecule has 0 bridgehead atoms. The maximum absolute atomic E-state index is 13.3. The summed E-state index contributed by atoms with van der Waals surface area (Å²) in [6.45, 7) is 4.62. The van der Waals surface area contributed by atoms with E-state index in [-0.39, 0.29) is 35.0 Å². The van der Waals surface area contributed by atoms with E-state index in [1.807, 2.05) is 0 Å². The Hall–Kier alpha value is -4.96. The molecule has 0 radical (unpaired) electrons. The van der Waals surface area contributed by atoms with Crippen molar-refractivity contribution in [2.45, 2.75) is 50.9 Å². The number of amides is 1. The molecule has 4 rings (SSSR count). The summed E-state index contributed by atoms with van der Waals surface area (Å²) in [7, 11) is -2.85. The molecule has 1 aromatic heterocycles. The molecule has 0 fully saturated rings. The van der Waals surface area contributed by atoms with Crippen molar-refractivity contribution in [1.29, 1.82) is 0 Å². The largest absolute Gasteiger partial charge is 0.497 e. The summed E-state index contributed by atoms with van der Waals surface area (Å²) in [5.41, 5.74) is -0.810. The molecule has 0 aliphatic heterocycles. The topological polar surface area (TPSA) is 155 Å². The molecule has 0 saturated carbocycles. The van der Waals surface area contributed by atoms with Crippen molar-refractivity contribution < 1.29 is 40.8 Å². The van der Waals surface area contributed by atoms with E-state index in [0.717, 1.165) is 30.3 Å². The standard InChI is InChI=1S/C30H30F3N5O7S/c1-5-18(2)36-46(42,43)26-16-23(38(40)41)11-14-25(26)45-29-19(3)27(35-37(29)22-9-12-24(44-4)13-10-22)28(39)34-17-20-7-6-8-21(15-20)30(31,32)33/h6-16,18,36H,5,17H2,1-4H3,(H,34,39)/t18-/m1/s1. The Labute approximate surface area is 262 Å². The maximum atomic E-state index is 13.3. The molecule has 46 heavy (non-hydrogen) atoms. The van der Waals surface area contributed by atoms with Gasteiger partial charge in [-0.3, -0.25) is 14.9 Å². The number of benzene rings is 3. The molecular weight excluding hydrogens is 631 g/mol. The second-order valence-corrected chi connectivity index (χ2v) is 11.9. The number of hydrogen-bond donors (Lipinski definition) is 2. The lowest BCUT2D eigenvalue weighted by Gasteiger charge is -2.16. The molecule has 1 heterocycles. The van der Waals surface area contributed by atoms with E-state index in [0.29, 0.717) is 17.9 Å². The number of nitro benzene ring substituents is 1. The number of nitro groups is 1. The number of methoxy groups -OCH3 is 1. The summed E-state index contributed by atoms with van der Waals surface area (Å²) in [5.74, 6) is -0.616. The molecule has 1 amide bonds. The molecule has 1 atom stereocenters. The van der Waals surface area contributed by atoms with Gasteiger partial charge in [0.05, 0.1) is 23.3 Å². The third-order valence-corrected chi connectivity index (χ3v) is 8.52. The van der Waals surface area contributed by atoms with Crippen LogP contribution in [-0.4, -0.2) is 42.2 Å². The van der Waals surface area contributed by atoms with Gasteiger partial charge in [0.25, 0.3) is 11.6 Å². The first-order chi connectivity index (χ1) is 21.6. The van der Waals surface area contributed by atoms with Crippen molar-refractivity contribution in [3.63, 3.8) is 0 Å². The van der Waals surface area contributed by atoms with Gasteiger partial charge in [0.1, 0.15) is 16.4 Å². The number of aromatic nitrogens is 2. The monoisotopic (exact) mass is 661 g/mol. The minimum Gasteiger partial charge on any atom is -0.497 e. The highest BCUT2D eigenvalue weighted by Crippen LogP contribution is 2.36. The fourth-order valence-corrected chi connectivity index (χ4v) is 5.73. The highest BCUT2D eigenvalue weighted by molar-refractivity contribution is 7.89. The number of hydrogen-bond acceptors (Lipinski definition) is 8. The van der Waals surface area contributed by atoms with E-state index in [1.165, 1.54) is 30.8 Å². The fraction of sp³-hybridized carbons (Fsp3) is 0.267. The molecule has 4 aromatic rings. The van der Waals surface area contributed by atoms with Crippen LogP contribution in [-0.2, 0) is 22.7 Å². The Kier molecular flexibility index (Phi) is 10.0. The Balaban J connectivity index is 1.78. The molecule has 2 N–H and O–H groups in total. The van der Waals surface area contributed by atoms with E-state index >= 15 is 0 Å². The minimum absolute atomic E-state index is 0.0942. The lowest BCUT2D eigenvalue weighted by molar-refractivity contribution is -0.385. The molecule has 3 aromatic carbocycles. The second kappa shape index (κ2) is 13.6. The van der Waals surface area contributed by atoms with Crippen LogP contribution in [0.3, 0.4) is 0 Å². The van der Waals surface area contributed by atoms with Crippen molar-refractivity contribution in [1.82, 2.24) is 19.8 Å². The summed E-state index contributed by atoms with van der Waals surface area (Å²) in [4.78, 5) is 23.6. The highest BCUT2D eigenvalue weighted by atomic mass is 32.2. The normalized spacial score (nSPS) is 12.4. The Morgan fingerprint density at radius 3 is 2.41 bits per heavy atom. The third kappa shape index (κ3) is 7.63. The van der Waals surface area contributed by atoms with Gasteiger partial charge in [-0.15, -0.1) is 0 Å². The van der Waals surface area contributed by atoms with Gasteiger partial charge in [-0.2, -0.15) is 23.0 Å². The van der Waals surface area contributed by atoms with E-state index in [4.69, 9.17) is 9.47 Å². The van der Waals surface area contributed by atoms with Crippen molar-refractivity contribution in [2.24, 2.45) is 0 Å². The smallest absolute Gasteiger partial charge is 0.416 e. The number of ether oxygens (including phenoxy) is 2. The molecule has 0 aliphatic carbocycles. The van der Waals surface area contributed by atoms with Crippen LogP contribution in [0, 0.1) is 17.0 Å². The molecule has 0 saturated heterocycles. The van der Waals surface area contributed by atoms with Gasteiger partial charge in [-0.1, -0.05) is 19.1 Å². The predicted octanol–water partition coefficient (Wildman–Crippen LogP) is 5.92. The van der Waals surface area contributed by atoms with Gasteiger partial charge >= 0.3 is 6.18 Å². The summed E-state index contributed by atoms with van der Waals surface area (Å²) in [6, 6.07) is 13.5. The quantitative estimate of drug-likeness (QED) is 0.140. The van der Waals surface area contributed by atoms with Crippen molar-refractivity contribution >= 4 is 21.6 Å². The lowest BCUT2D eigenvalue weighted by atomic mass is 10.1. The third-order valence-electron chi connectivity index (χ3n) is 6.91. The van der Waals surface area contributed by atoms with Crippen molar-refractivity contribution in [3.8, 4) is 23.1 Å². The van der Waals surface area contributed by atoms with Gasteiger partial charge in [-0.05, 0) is 68.3 Å². The van der Waals surface area contributed by atoms with Gasteiger partial charge in [0, 0.05) is 30.3 Å². The molecule has 12 nitrogen and oxygen atoms in total. The van der Waals surface area contributed by atoms with Gasteiger partial charge < -0.3 is 14.8 Å². The average molecular weight is 662 g/mol. The molecule has 244 valence electrons. The zero-order chi connectivity index (χ0) is 33.8. The van der Waals surface area contributed by atoms with Gasteiger partial charge in [-0.25, -0.2) is 13.1 Å². The number of nitrogens with one attached hydrogen (secondary N) is 2. The first-order valence-electron chi connectivity index (χ1n) is 13.8. The molecule has 16 heteroatoms. The summed E-state index contributed by atoms with van der Waals surface area (Å²) in [5, 5.41) is 18.4. The molecule has 0 unspecified atom stereocenters. The average Bonchev–Trinajstić information content (AvgIpc) is 3.34. The fourth-order valence-electron chi connectivity index (χ4n) is 4.26. The second-order valence-electron chi connectivity index (χ2n) is 10.2. The summed E-state index contributed by atoms with van der Waals surface area (Å²) < 4.78 is 81.1. The van der Waals surface area contributed by atoms with E-state index in [9.17, 15) is 36.5 Å². The minimum atomic E-state index is -4.56. The van der Waals surface area contributed by atoms with E-state index < -0.39 is 49.2 Å². The van der Waals surface area contributed by atoms with Crippen molar-refractivity contribution in [3.05, 3.63) is 99.2 Å². The molecule has 0 spiro atoms. The number of non-ortho nitro benzene ring substituents is 1. The Bertz CT molecular complexity index is 1860. The summed E-state index contributed by atoms with van der Waals surface area (Å²) in [6.07, 6.45) is -4.12. The first-order valence-corrected chi connectivity index (χ1v) is 15.3. The van der Waals surface area contributed by atoms with Crippen LogP contribution in [0.15, 0.2) is 71.6 Å². The van der Waals surface area contributed by atoms with Gasteiger partial charge in [0.15, 0.2) is 5.69 Å². The number of alkyl halides is 3. The maximum Gasteiger partial charge on any atom is 0.416 e. The number of sulfonamides is 1. The number of halogens is 3. The zero-order valence-corrected chi connectivity index (χ0v) is 25.9. The molecule has 0 aliphatic rings. The van der Waals surface area contributed by atoms with Gasteiger partial charge in [0.2, 0.25) is 15.9 Å². The van der Waals surface area contributed by atoms with Crippen LogP contribution in [0.4, 0.5) is 18.9 Å². The van der Waals surface area contributed by atoms with E-state index in [2.05, 4.69) is 15.1 Å². The zero-order valence-electron chi connectivity index (χ0n) is 25.1. The van der Waals surface area contributed by atoms with Crippen molar-refractivity contribution in [2.75, 3.05) is 7.11 Å². The first kappa shape index (κ1) is 33.9. The Morgan fingerprint density at radius 1 is 1.11 bits per heavy atom. The number of nitrogens with zero attached hydrogens (tertiary/aromatic N) is 3. The van der Waals surface area contributed by atoms with Crippen LogP contribution in [0.2, 0.25) is 0 Å². The van der Waals surface area contributed by atoms with Crippen LogP contribution < -0.4 is 19.5 Å². The van der Waals surface area contributed by atoms with Crippen LogP contribution in [0.5, 0.6) is 17.4 Å². The lowest BCUT2D eigenvalue weighted by Crippen LogP contribution is -2.32. The number of carbonyl (C=O) groups is 1. The van der Waals surface area contributed by atoms with Crippen LogP contribution >= 0.6 is 0 Å². The van der Waals surface area contributed by atoms with Crippen LogP contribution in [0.25, 0.3) is 5.69 Å². The molecular formula is C30H30F3N5O7S. The van der Waals surface area contributed by atoms with Crippen LogP contribution in [0.1, 0.15) is 47.4 Å². The number of carbonyl (C=O) groups excluding carboxylic acids is 1. The summed E-state index contributed by atoms with van der Waals surface area (Å²) >= 11 is 0.